The average Bonchev–Trinajstić information content (AvgIpc) is 3.23. The van der Waals surface area contributed by atoms with Gasteiger partial charge in [0, 0.05) is 0 Å². The van der Waals surface area contributed by atoms with E-state index in [2.05, 4.69) is 10.6 Å². The van der Waals surface area contributed by atoms with E-state index in [1.807, 2.05) is 27.7 Å². The lowest BCUT2D eigenvalue weighted by Gasteiger charge is -2.36. The SMILES string of the molecule is CC(C)CC(NC(=O)C(=O)NC(CC(C)C)C1(O)CCCC1)C1(O)CCCC1. The van der Waals surface area contributed by atoms with Crippen LogP contribution < -0.4 is 10.6 Å². The second kappa shape index (κ2) is 9.57. The molecule has 2 saturated carbocycles. The Balaban J connectivity index is 2.04. The quantitative estimate of drug-likeness (QED) is 0.474. The van der Waals surface area contributed by atoms with Crippen molar-refractivity contribution in [3.05, 3.63) is 0 Å². The van der Waals surface area contributed by atoms with Gasteiger partial charge in [-0.2, -0.15) is 0 Å². The van der Waals surface area contributed by atoms with E-state index in [1.165, 1.54) is 0 Å². The third-order valence-electron chi connectivity index (χ3n) is 6.47. The summed E-state index contributed by atoms with van der Waals surface area (Å²) in [7, 11) is 0. The van der Waals surface area contributed by atoms with Crippen molar-refractivity contribution in [2.75, 3.05) is 0 Å². The molecule has 0 bridgehead atoms. The van der Waals surface area contributed by atoms with Crippen LogP contribution in [0.2, 0.25) is 0 Å². The molecule has 0 aromatic rings. The normalized spacial score (nSPS) is 23.0. The fourth-order valence-corrected chi connectivity index (χ4v) is 4.89. The zero-order valence-corrected chi connectivity index (χ0v) is 18.1. The van der Waals surface area contributed by atoms with Gasteiger partial charge in [-0.1, -0.05) is 53.4 Å². The topological polar surface area (TPSA) is 98.7 Å². The molecule has 2 unspecified atom stereocenters. The molecular weight excluding hydrogens is 356 g/mol. The molecule has 0 aliphatic heterocycles. The van der Waals surface area contributed by atoms with Crippen LogP contribution >= 0.6 is 0 Å². The standard InChI is InChI=1S/C22H40N2O4/c1-15(2)13-17(21(27)9-5-6-10-21)23-19(25)20(26)24-18(14-16(3)4)22(28)11-7-8-12-22/h15-18,27-28H,5-14H2,1-4H3,(H,23,25)(H,24,26). The second-order valence-corrected chi connectivity index (χ2v) is 9.93. The molecule has 6 heteroatoms. The van der Waals surface area contributed by atoms with Crippen LogP contribution in [0, 0.1) is 11.8 Å². The van der Waals surface area contributed by atoms with Crippen molar-refractivity contribution in [3.8, 4) is 0 Å². The number of amides is 2. The highest BCUT2D eigenvalue weighted by atomic mass is 16.3. The number of hydrogen-bond acceptors (Lipinski definition) is 4. The summed E-state index contributed by atoms with van der Waals surface area (Å²) in [4.78, 5) is 25.3. The molecule has 0 aromatic carbocycles. The molecule has 6 nitrogen and oxygen atoms in total. The lowest BCUT2D eigenvalue weighted by atomic mass is 9.86. The number of nitrogens with one attached hydrogen (secondary N) is 2. The largest absolute Gasteiger partial charge is 0.388 e. The predicted octanol–water partition coefficient (Wildman–Crippen LogP) is 2.66. The van der Waals surface area contributed by atoms with Gasteiger partial charge in [0.15, 0.2) is 0 Å². The summed E-state index contributed by atoms with van der Waals surface area (Å²) in [5.41, 5.74) is -1.86. The first-order valence-corrected chi connectivity index (χ1v) is 11.1. The summed E-state index contributed by atoms with van der Waals surface area (Å²) in [6.45, 7) is 8.19. The molecule has 0 aromatic heterocycles. The molecule has 0 radical (unpaired) electrons. The highest BCUT2D eigenvalue weighted by molar-refractivity contribution is 6.35. The lowest BCUT2D eigenvalue weighted by Crippen LogP contribution is -2.58. The summed E-state index contributed by atoms with van der Waals surface area (Å²) in [5, 5.41) is 27.5. The Bertz CT molecular complexity index is 487. The minimum Gasteiger partial charge on any atom is -0.388 e. The summed E-state index contributed by atoms with van der Waals surface area (Å²) < 4.78 is 0. The van der Waals surface area contributed by atoms with Gasteiger partial charge in [0.05, 0.1) is 23.3 Å². The van der Waals surface area contributed by atoms with Gasteiger partial charge in [-0.05, 0) is 50.4 Å². The number of aliphatic hydroxyl groups is 2. The maximum atomic E-state index is 12.7. The van der Waals surface area contributed by atoms with Crippen LogP contribution in [0.3, 0.4) is 0 Å². The number of hydrogen-bond donors (Lipinski definition) is 4. The Morgan fingerprint density at radius 1 is 0.714 bits per heavy atom. The molecule has 2 rings (SSSR count). The summed E-state index contributed by atoms with van der Waals surface area (Å²) >= 11 is 0. The van der Waals surface area contributed by atoms with E-state index in [1.54, 1.807) is 0 Å². The maximum absolute atomic E-state index is 12.7. The summed E-state index contributed by atoms with van der Waals surface area (Å²) in [5.74, 6) is -0.820. The first-order valence-electron chi connectivity index (χ1n) is 11.1. The number of rotatable bonds is 8. The van der Waals surface area contributed by atoms with Gasteiger partial charge in [0.2, 0.25) is 0 Å². The van der Waals surface area contributed by atoms with Crippen molar-refractivity contribution in [2.45, 2.75) is 115 Å². The minimum absolute atomic E-state index is 0.297. The van der Waals surface area contributed by atoms with Gasteiger partial charge < -0.3 is 20.8 Å². The Hall–Kier alpha value is -1.14. The van der Waals surface area contributed by atoms with Gasteiger partial charge in [-0.25, -0.2) is 0 Å². The van der Waals surface area contributed by atoms with Gasteiger partial charge in [0.25, 0.3) is 0 Å². The highest BCUT2D eigenvalue weighted by Crippen LogP contribution is 2.36. The van der Waals surface area contributed by atoms with E-state index in [0.717, 1.165) is 25.7 Å². The van der Waals surface area contributed by atoms with E-state index < -0.39 is 35.1 Å². The molecule has 162 valence electrons. The van der Waals surface area contributed by atoms with Gasteiger partial charge in [0.1, 0.15) is 0 Å². The third kappa shape index (κ3) is 5.93. The van der Waals surface area contributed by atoms with Crippen LogP contribution in [-0.4, -0.2) is 45.3 Å². The van der Waals surface area contributed by atoms with Gasteiger partial charge in [-0.15, -0.1) is 0 Å². The Morgan fingerprint density at radius 2 is 1.00 bits per heavy atom. The molecular formula is C22H40N2O4. The lowest BCUT2D eigenvalue weighted by molar-refractivity contribution is -0.142. The molecule has 2 amide bonds. The first kappa shape index (κ1) is 23.1. The monoisotopic (exact) mass is 396 g/mol. The Kier molecular flexibility index (Phi) is 7.91. The van der Waals surface area contributed by atoms with Gasteiger partial charge >= 0.3 is 11.8 Å². The van der Waals surface area contributed by atoms with Crippen molar-refractivity contribution in [1.82, 2.24) is 10.6 Å². The van der Waals surface area contributed by atoms with Crippen molar-refractivity contribution < 1.29 is 19.8 Å². The molecule has 0 heterocycles. The number of carbonyl (C=O) groups excluding carboxylic acids is 2. The van der Waals surface area contributed by atoms with Crippen LogP contribution in [-0.2, 0) is 9.59 Å². The zero-order valence-electron chi connectivity index (χ0n) is 18.1. The van der Waals surface area contributed by atoms with Crippen LogP contribution in [0.15, 0.2) is 0 Å². The molecule has 0 spiro atoms. The van der Waals surface area contributed by atoms with Crippen molar-refractivity contribution >= 4 is 11.8 Å². The predicted molar refractivity (Wildman–Crippen MR) is 110 cm³/mol. The summed E-state index contributed by atoms with van der Waals surface area (Å²) in [6.07, 6.45) is 7.65. The number of carbonyl (C=O) groups is 2. The van der Waals surface area contributed by atoms with E-state index in [-0.39, 0.29) is 0 Å². The molecule has 2 fully saturated rings. The van der Waals surface area contributed by atoms with Crippen LogP contribution in [0.25, 0.3) is 0 Å². The molecule has 2 aliphatic carbocycles. The average molecular weight is 397 g/mol. The fourth-order valence-electron chi connectivity index (χ4n) is 4.89. The Labute approximate surface area is 169 Å². The van der Waals surface area contributed by atoms with Gasteiger partial charge in [-0.3, -0.25) is 9.59 Å². The van der Waals surface area contributed by atoms with Crippen molar-refractivity contribution in [1.29, 1.82) is 0 Å². The second-order valence-electron chi connectivity index (χ2n) is 9.93. The van der Waals surface area contributed by atoms with Crippen molar-refractivity contribution in [2.24, 2.45) is 11.8 Å². The summed E-state index contributed by atoms with van der Waals surface area (Å²) in [6, 6.07) is -0.849. The maximum Gasteiger partial charge on any atom is 0.309 e. The zero-order chi connectivity index (χ0) is 20.9. The molecule has 28 heavy (non-hydrogen) atoms. The molecule has 0 saturated heterocycles. The smallest absolute Gasteiger partial charge is 0.309 e. The molecule has 2 atom stereocenters. The van der Waals surface area contributed by atoms with E-state index >= 15 is 0 Å². The first-order chi connectivity index (χ1) is 13.1. The minimum atomic E-state index is -0.929. The van der Waals surface area contributed by atoms with E-state index in [4.69, 9.17) is 0 Å². The van der Waals surface area contributed by atoms with Crippen molar-refractivity contribution in [3.63, 3.8) is 0 Å². The van der Waals surface area contributed by atoms with Crippen LogP contribution in [0.1, 0.15) is 91.9 Å². The fraction of sp³-hybridized carbons (Fsp3) is 0.909. The Morgan fingerprint density at radius 3 is 1.25 bits per heavy atom. The van der Waals surface area contributed by atoms with Crippen LogP contribution in [0.5, 0.6) is 0 Å². The van der Waals surface area contributed by atoms with E-state index in [9.17, 15) is 19.8 Å². The van der Waals surface area contributed by atoms with Crippen LogP contribution in [0.4, 0.5) is 0 Å². The third-order valence-corrected chi connectivity index (χ3v) is 6.47. The highest BCUT2D eigenvalue weighted by Gasteiger charge is 2.43. The van der Waals surface area contributed by atoms with E-state index in [0.29, 0.717) is 50.4 Å². The molecule has 4 N–H and O–H groups in total. The molecule has 2 aliphatic rings.